The summed E-state index contributed by atoms with van der Waals surface area (Å²) in [6.45, 7) is 2.29. The van der Waals surface area contributed by atoms with E-state index >= 15 is 0 Å². The minimum absolute atomic E-state index is 0.121. The van der Waals surface area contributed by atoms with Crippen LogP contribution in [0.2, 0.25) is 0 Å². The fraction of sp³-hybridized carbons (Fsp3) is 0.667. The number of amides is 1. The molecule has 21 heavy (non-hydrogen) atoms. The number of fused-ring (bicyclic) bond motifs is 2. The minimum atomic E-state index is -1.07. The highest BCUT2D eigenvalue weighted by Gasteiger charge is 2.51. The van der Waals surface area contributed by atoms with Crippen molar-refractivity contribution < 1.29 is 14.7 Å². The highest BCUT2D eigenvalue weighted by atomic mass is 16.4. The van der Waals surface area contributed by atoms with Crippen molar-refractivity contribution in [1.29, 1.82) is 0 Å². The van der Waals surface area contributed by atoms with Crippen LogP contribution in [0.25, 0.3) is 0 Å². The average molecular weight is 290 g/mol. The number of aliphatic carboxylic acids is 1. The van der Waals surface area contributed by atoms with Crippen LogP contribution in [0.15, 0.2) is 6.20 Å². The molecule has 0 spiro atoms. The Hall–Kier alpha value is -1.85. The van der Waals surface area contributed by atoms with Gasteiger partial charge in [0.15, 0.2) is 0 Å². The Kier molecular flexibility index (Phi) is 3.47. The van der Waals surface area contributed by atoms with Crippen molar-refractivity contribution in [3.63, 3.8) is 0 Å². The standard InChI is InChI=1S/C15H21N3O3/c1-8-11(7-18(2)17-8)6-16-14(19)12-9-3-4-10(5-9)13(12)15(20)21/h7,9-10,12-13H,3-6H2,1-2H3,(H,16,19)(H,20,21)/p-1. The van der Waals surface area contributed by atoms with E-state index in [9.17, 15) is 14.7 Å². The van der Waals surface area contributed by atoms with Gasteiger partial charge in [-0.25, -0.2) is 0 Å². The number of rotatable bonds is 4. The largest absolute Gasteiger partial charge is 0.550 e. The molecule has 2 fully saturated rings. The van der Waals surface area contributed by atoms with Crippen molar-refractivity contribution in [3.8, 4) is 0 Å². The van der Waals surface area contributed by atoms with Crippen LogP contribution in [0.4, 0.5) is 0 Å². The monoisotopic (exact) mass is 290 g/mol. The molecule has 114 valence electrons. The Morgan fingerprint density at radius 2 is 2.05 bits per heavy atom. The lowest BCUT2D eigenvalue weighted by Crippen LogP contribution is -2.45. The topological polar surface area (TPSA) is 87.0 Å². The molecule has 2 aliphatic carbocycles. The number of aromatic nitrogens is 2. The van der Waals surface area contributed by atoms with E-state index < -0.39 is 17.8 Å². The molecule has 1 amide bonds. The van der Waals surface area contributed by atoms with Crippen LogP contribution in [0, 0.1) is 30.6 Å². The zero-order valence-electron chi connectivity index (χ0n) is 12.3. The summed E-state index contributed by atoms with van der Waals surface area (Å²) >= 11 is 0. The zero-order chi connectivity index (χ0) is 15.1. The molecule has 1 aromatic heterocycles. The quantitative estimate of drug-likeness (QED) is 0.829. The van der Waals surface area contributed by atoms with Crippen LogP contribution in [-0.2, 0) is 23.2 Å². The smallest absolute Gasteiger partial charge is 0.224 e. The summed E-state index contributed by atoms with van der Waals surface area (Å²) in [4.78, 5) is 23.7. The van der Waals surface area contributed by atoms with Gasteiger partial charge in [0.05, 0.1) is 5.69 Å². The van der Waals surface area contributed by atoms with Gasteiger partial charge in [-0.1, -0.05) is 0 Å². The van der Waals surface area contributed by atoms with Gasteiger partial charge in [-0.2, -0.15) is 5.10 Å². The van der Waals surface area contributed by atoms with Gasteiger partial charge in [-0.05, 0) is 38.0 Å². The van der Waals surface area contributed by atoms with E-state index in [1.807, 2.05) is 20.2 Å². The van der Waals surface area contributed by atoms with E-state index in [-0.39, 0.29) is 17.7 Å². The minimum Gasteiger partial charge on any atom is -0.550 e. The number of carbonyl (C=O) groups is 2. The third kappa shape index (κ3) is 2.43. The predicted molar refractivity (Wildman–Crippen MR) is 72.6 cm³/mol. The second kappa shape index (κ2) is 5.16. The molecule has 6 nitrogen and oxygen atoms in total. The Morgan fingerprint density at radius 1 is 1.38 bits per heavy atom. The Labute approximate surface area is 123 Å². The van der Waals surface area contributed by atoms with Crippen LogP contribution in [0.1, 0.15) is 30.5 Å². The van der Waals surface area contributed by atoms with Crippen LogP contribution in [0.3, 0.4) is 0 Å². The number of carboxylic acid groups (broad SMARTS) is 1. The molecule has 6 heteroatoms. The second-order valence-corrected chi connectivity index (χ2v) is 6.34. The number of nitrogens with one attached hydrogen (secondary N) is 1. The van der Waals surface area contributed by atoms with Crippen molar-refractivity contribution in [2.45, 2.75) is 32.7 Å². The number of nitrogens with zero attached hydrogens (tertiary/aromatic N) is 2. The molecule has 3 rings (SSSR count). The lowest BCUT2D eigenvalue weighted by molar-refractivity contribution is -0.314. The second-order valence-electron chi connectivity index (χ2n) is 6.34. The number of carboxylic acids is 1. The number of hydrogen-bond acceptors (Lipinski definition) is 4. The molecule has 0 aromatic carbocycles. The van der Waals surface area contributed by atoms with E-state index in [0.717, 1.165) is 30.5 Å². The molecule has 0 saturated heterocycles. The molecule has 1 aromatic rings. The first kappa shape index (κ1) is 14.1. The summed E-state index contributed by atoms with van der Waals surface area (Å²) in [6, 6.07) is 0. The summed E-state index contributed by atoms with van der Waals surface area (Å²) < 4.78 is 1.71. The van der Waals surface area contributed by atoms with Crippen molar-refractivity contribution in [1.82, 2.24) is 15.1 Å². The summed E-state index contributed by atoms with van der Waals surface area (Å²) in [5.74, 6) is -1.94. The van der Waals surface area contributed by atoms with Gasteiger partial charge >= 0.3 is 0 Å². The van der Waals surface area contributed by atoms with Crippen molar-refractivity contribution >= 4 is 11.9 Å². The van der Waals surface area contributed by atoms with Crippen LogP contribution in [0.5, 0.6) is 0 Å². The van der Waals surface area contributed by atoms with Gasteiger partial charge in [0.25, 0.3) is 0 Å². The Bertz CT molecular complexity index is 581. The van der Waals surface area contributed by atoms with Gasteiger partial charge in [0.1, 0.15) is 0 Å². The maximum atomic E-state index is 12.4. The molecular formula is C15H20N3O3-. The molecule has 4 atom stereocenters. The SMILES string of the molecule is Cc1nn(C)cc1CNC(=O)C1C2CCC(C2)C1C(=O)[O-]. The lowest BCUT2D eigenvalue weighted by atomic mass is 9.78. The van der Waals surface area contributed by atoms with Gasteiger partial charge in [0, 0.05) is 43.2 Å². The number of carbonyl (C=O) groups excluding carboxylic acids is 2. The van der Waals surface area contributed by atoms with Crippen LogP contribution >= 0.6 is 0 Å². The molecule has 1 heterocycles. The maximum absolute atomic E-state index is 12.4. The van der Waals surface area contributed by atoms with Crippen molar-refractivity contribution in [2.24, 2.45) is 30.7 Å². The summed E-state index contributed by atoms with van der Waals surface area (Å²) in [5, 5.41) is 18.4. The normalized spacial score (nSPS) is 30.6. The molecule has 0 radical (unpaired) electrons. The fourth-order valence-corrected chi connectivity index (χ4v) is 4.13. The lowest BCUT2D eigenvalue weighted by Gasteiger charge is -2.30. The van der Waals surface area contributed by atoms with Gasteiger partial charge in [0.2, 0.25) is 5.91 Å². The highest BCUT2D eigenvalue weighted by molar-refractivity contribution is 5.85. The molecule has 1 N–H and O–H groups in total. The van der Waals surface area contributed by atoms with Crippen molar-refractivity contribution in [3.05, 3.63) is 17.5 Å². The maximum Gasteiger partial charge on any atom is 0.224 e. The molecule has 2 bridgehead atoms. The predicted octanol–water partition coefficient (Wildman–Crippen LogP) is -0.243. The molecule has 2 aliphatic rings. The highest BCUT2D eigenvalue weighted by Crippen LogP contribution is 2.52. The Balaban J connectivity index is 1.67. The third-order valence-electron chi connectivity index (χ3n) is 5.06. The van der Waals surface area contributed by atoms with E-state index in [4.69, 9.17) is 0 Å². The molecule has 2 saturated carbocycles. The molecule has 4 unspecified atom stereocenters. The van der Waals surface area contributed by atoms with E-state index in [1.54, 1.807) is 4.68 Å². The molecule has 0 aliphatic heterocycles. The number of hydrogen-bond donors (Lipinski definition) is 1. The summed E-state index contributed by atoms with van der Waals surface area (Å²) in [5.41, 5.74) is 1.83. The van der Waals surface area contributed by atoms with E-state index in [0.29, 0.717) is 6.54 Å². The third-order valence-corrected chi connectivity index (χ3v) is 5.06. The molecular weight excluding hydrogens is 270 g/mol. The summed E-state index contributed by atoms with van der Waals surface area (Å²) in [7, 11) is 1.83. The fourth-order valence-electron chi connectivity index (χ4n) is 4.13. The first-order valence-electron chi connectivity index (χ1n) is 7.45. The van der Waals surface area contributed by atoms with Gasteiger partial charge in [-0.3, -0.25) is 9.48 Å². The Morgan fingerprint density at radius 3 is 2.62 bits per heavy atom. The van der Waals surface area contributed by atoms with Gasteiger partial charge in [-0.15, -0.1) is 0 Å². The van der Waals surface area contributed by atoms with Crippen LogP contribution in [-0.4, -0.2) is 21.7 Å². The summed E-state index contributed by atoms with van der Waals surface area (Å²) in [6.07, 6.45) is 4.59. The van der Waals surface area contributed by atoms with Gasteiger partial charge < -0.3 is 15.2 Å². The van der Waals surface area contributed by atoms with E-state index in [2.05, 4.69) is 10.4 Å². The zero-order valence-corrected chi connectivity index (χ0v) is 12.3. The first-order valence-corrected chi connectivity index (χ1v) is 7.45. The van der Waals surface area contributed by atoms with E-state index in [1.165, 1.54) is 0 Å². The van der Waals surface area contributed by atoms with Crippen molar-refractivity contribution in [2.75, 3.05) is 0 Å². The average Bonchev–Trinajstić information content (AvgIpc) is 3.09. The number of aryl methyl sites for hydroxylation is 2. The first-order chi connectivity index (χ1) is 9.97. The van der Waals surface area contributed by atoms with Crippen LogP contribution < -0.4 is 10.4 Å².